The third-order valence-electron chi connectivity index (χ3n) is 5.83. The summed E-state index contributed by atoms with van der Waals surface area (Å²) in [5.41, 5.74) is 0. The minimum absolute atomic E-state index is 0.0391. The molecule has 0 bridgehead atoms. The minimum Gasteiger partial charge on any atom is -0.481 e. The Kier molecular flexibility index (Phi) is 12.3. The molecule has 0 aromatic carbocycles. The van der Waals surface area contributed by atoms with Gasteiger partial charge >= 0.3 is 5.97 Å². The first-order valence-electron chi connectivity index (χ1n) is 11.7. The molecule has 1 saturated heterocycles. The molecule has 5 nitrogen and oxygen atoms in total. The maximum atomic E-state index is 11.0. The van der Waals surface area contributed by atoms with Gasteiger partial charge in [0.2, 0.25) is 5.79 Å². The van der Waals surface area contributed by atoms with Crippen LogP contribution in [-0.2, 0) is 9.53 Å². The van der Waals surface area contributed by atoms with Crippen LogP contribution < -0.4 is 0 Å². The van der Waals surface area contributed by atoms with E-state index in [0.717, 1.165) is 12.8 Å². The van der Waals surface area contributed by atoms with Gasteiger partial charge in [-0.2, -0.15) is 0 Å². The Balaban J connectivity index is 2.07. The summed E-state index contributed by atoms with van der Waals surface area (Å²) < 4.78 is 6.39. The average molecular weight is 401 g/mol. The quantitative estimate of drug-likeness (QED) is 0.279. The van der Waals surface area contributed by atoms with Gasteiger partial charge in [0.05, 0.1) is 20.5 Å². The first-order valence-corrected chi connectivity index (χ1v) is 11.7. The summed E-state index contributed by atoms with van der Waals surface area (Å²) in [4.78, 5) is 11.0. The molecule has 0 aromatic rings. The third kappa shape index (κ3) is 12.0. The molecule has 1 fully saturated rings. The van der Waals surface area contributed by atoms with Crippen LogP contribution in [-0.4, -0.2) is 59.7 Å². The molecule has 0 amide bonds. The lowest BCUT2D eigenvalue weighted by Gasteiger charge is -2.46. The Morgan fingerprint density at radius 1 is 0.929 bits per heavy atom. The number of morpholine rings is 1. The highest BCUT2D eigenvalue weighted by atomic mass is 16.6. The lowest BCUT2D eigenvalue weighted by Crippen LogP contribution is -2.62. The van der Waals surface area contributed by atoms with E-state index in [-0.39, 0.29) is 6.42 Å². The summed E-state index contributed by atoms with van der Waals surface area (Å²) in [7, 11) is 4.07. The number of likely N-dealkylation sites (N-methyl/N-ethyl adjacent to an activating group) is 1. The molecule has 1 heterocycles. The molecule has 1 aliphatic rings. The molecule has 0 spiro atoms. The molecule has 0 radical (unpaired) electrons. The monoisotopic (exact) mass is 400 g/mol. The van der Waals surface area contributed by atoms with E-state index >= 15 is 0 Å². The van der Waals surface area contributed by atoms with Crippen LogP contribution in [0.1, 0.15) is 103 Å². The fourth-order valence-electron chi connectivity index (χ4n) is 4.53. The molecule has 2 N–H and O–H groups in total. The Hall–Kier alpha value is -0.650. The predicted octanol–water partition coefficient (Wildman–Crippen LogP) is 5.11. The van der Waals surface area contributed by atoms with Gasteiger partial charge in [0.25, 0.3) is 0 Å². The number of aliphatic hydroxyl groups is 1. The number of unbranched alkanes of at least 4 members (excludes halogenated alkanes) is 12. The summed E-state index contributed by atoms with van der Waals surface area (Å²) >= 11 is 0. The van der Waals surface area contributed by atoms with E-state index in [1.165, 1.54) is 70.6 Å². The van der Waals surface area contributed by atoms with Crippen molar-refractivity contribution < 1.29 is 24.2 Å². The van der Waals surface area contributed by atoms with Gasteiger partial charge in [-0.3, -0.25) is 4.79 Å². The van der Waals surface area contributed by atoms with Crippen molar-refractivity contribution >= 4 is 5.97 Å². The van der Waals surface area contributed by atoms with Crippen molar-refractivity contribution in [2.45, 2.75) is 115 Å². The minimum atomic E-state index is -1.18. The van der Waals surface area contributed by atoms with Crippen LogP contribution in [0.4, 0.5) is 0 Å². The van der Waals surface area contributed by atoms with Crippen molar-refractivity contribution in [1.82, 2.24) is 0 Å². The Morgan fingerprint density at radius 2 is 1.39 bits per heavy atom. The first kappa shape index (κ1) is 25.4. The number of carbonyl (C=O) groups is 1. The first-order chi connectivity index (χ1) is 13.3. The van der Waals surface area contributed by atoms with E-state index in [0.29, 0.717) is 24.0 Å². The maximum absolute atomic E-state index is 11.0. The summed E-state index contributed by atoms with van der Waals surface area (Å²) in [6, 6.07) is 0. The molecule has 166 valence electrons. The van der Waals surface area contributed by atoms with Crippen LogP contribution >= 0.6 is 0 Å². The summed E-state index contributed by atoms with van der Waals surface area (Å²) in [6.45, 7) is 3.42. The highest BCUT2D eigenvalue weighted by Crippen LogP contribution is 2.29. The Morgan fingerprint density at radius 3 is 1.86 bits per heavy atom. The van der Waals surface area contributed by atoms with Gasteiger partial charge in [0, 0.05) is 6.42 Å². The van der Waals surface area contributed by atoms with E-state index in [4.69, 9.17) is 9.84 Å². The summed E-state index contributed by atoms with van der Waals surface area (Å²) in [5.74, 6) is -2.05. The van der Waals surface area contributed by atoms with Crippen LogP contribution in [0.2, 0.25) is 0 Å². The maximum Gasteiger partial charge on any atom is 0.306 e. The number of carboxylic acids is 1. The second-order valence-electron chi connectivity index (χ2n) is 9.55. The molecule has 0 unspecified atom stereocenters. The molecule has 0 saturated carbocycles. The lowest BCUT2D eigenvalue weighted by molar-refractivity contribution is -0.915. The molecular weight excluding hydrogens is 354 g/mol. The molecule has 5 heteroatoms. The molecule has 2 atom stereocenters. The molecule has 1 aliphatic heterocycles. The van der Waals surface area contributed by atoms with Crippen molar-refractivity contribution in [2.24, 2.45) is 0 Å². The van der Waals surface area contributed by atoms with Gasteiger partial charge in [-0.1, -0.05) is 84.0 Å². The largest absolute Gasteiger partial charge is 0.481 e. The van der Waals surface area contributed by atoms with Crippen molar-refractivity contribution in [2.75, 3.05) is 27.2 Å². The van der Waals surface area contributed by atoms with Gasteiger partial charge in [0.15, 0.2) is 0 Å². The van der Waals surface area contributed by atoms with Crippen LogP contribution in [0.3, 0.4) is 0 Å². The van der Waals surface area contributed by atoms with Crippen LogP contribution in [0, 0.1) is 0 Å². The van der Waals surface area contributed by atoms with E-state index in [1.807, 2.05) is 14.1 Å². The van der Waals surface area contributed by atoms with Crippen molar-refractivity contribution in [3.8, 4) is 0 Å². The van der Waals surface area contributed by atoms with Gasteiger partial charge in [0.1, 0.15) is 19.2 Å². The smallest absolute Gasteiger partial charge is 0.306 e. The van der Waals surface area contributed by atoms with Gasteiger partial charge in [-0.05, 0) is 6.42 Å². The number of rotatable bonds is 16. The van der Waals surface area contributed by atoms with Gasteiger partial charge in [-0.25, -0.2) is 0 Å². The topological polar surface area (TPSA) is 66.8 Å². The number of hydrogen-bond acceptors (Lipinski definition) is 3. The number of aliphatic carboxylic acids is 1. The number of nitrogens with zero attached hydrogens (tertiary/aromatic N) is 1. The van der Waals surface area contributed by atoms with E-state index < -0.39 is 17.9 Å². The van der Waals surface area contributed by atoms with E-state index in [2.05, 4.69) is 6.92 Å². The highest BCUT2D eigenvalue weighted by molar-refractivity contribution is 5.67. The van der Waals surface area contributed by atoms with Gasteiger partial charge in [-0.15, -0.1) is 0 Å². The highest BCUT2D eigenvalue weighted by Gasteiger charge is 2.45. The van der Waals surface area contributed by atoms with Crippen LogP contribution in [0.15, 0.2) is 0 Å². The Bertz CT molecular complexity index is 427. The van der Waals surface area contributed by atoms with E-state index in [9.17, 15) is 9.90 Å². The average Bonchev–Trinajstić information content (AvgIpc) is 2.56. The van der Waals surface area contributed by atoms with Crippen molar-refractivity contribution in [3.63, 3.8) is 0 Å². The summed E-state index contributed by atoms with van der Waals surface area (Å²) in [6.07, 6.45) is 17.0. The molecular formula is C23H46NO4+. The van der Waals surface area contributed by atoms with E-state index in [1.54, 1.807) is 0 Å². The third-order valence-corrected chi connectivity index (χ3v) is 5.83. The predicted molar refractivity (Wildman–Crippen MR) is 114 cm³/mol. The number of ether oxygens (including phenoxy) is 1. The molecule has 0 aromatic heterocycles. The zero-order valence-corrected chi connectivity index (χ0v) is 18.8. The van der Waals surface area contributed by atoms with Crippen molar-refractivity contribution in [3.05, 3.63) is 0 Å². The molecule has 1 rings (SSSR count). The standard InChI is InChI=1S/C23H45NO4/c1-4-5-6-7-8-9-10-11-12-13-14-15-16-17-23(27)20-24(2,3)19-21(28-23)18-22(25)26/h21,27H,4-20H2,1-3H3/p+1/t21-,23+/m1/s1. The zero-order chi connectivity index (χ0) is 20.9. The van der Waals surface area contributed by atoms with Gasteiger partial charge < -0.3 is 19.4 Å². The summed E-state index contributed by atoms with van der Waals surface area (Å²) in [5, 5.41) is 19.9. The lowest BCUT2D eigenvalue weighted by atomic mass is 10.0. The van der Waals surface area contributed by atoms with Crippen molar-refractivity contribution in [1.29, 1.82) is 0 Å². The van der Waals surface area contributed by atoms with Crippen LogP contribution in [0.25, 0.3) is 0 Å². The second kappa shape index (κ2) is 13.6. The zero-order valence-electron chi connectivity index (χ0n) is 18.8. The molecule has 28 heavy (non-hydrogen) atoms. The fourth-order valence-corrected chi connectivity index (χ4v) is 4.53. The second-order valence-corrected chi connectivity index (χ2v) is 9.55. The normalized spacial score (nSPS) is 24.4. The number of quaternary nitrogens is 1. The fraction of sp³-hybridized carbons (Fsp3) is 0.957. The SMILES string of the molecule is CCCCCCCCCCCCCCC[C@@]1(O)C[N+](C)(C)C[C@@H](CC(=O)O)O1. The number of hydrogen-bond donors (Lipinski definition) is 2. The Labute approximate surface area is 173 Å². The number of carboxylic acid groups (broad SMARTS) is 1. The molecule has 0 aliphatic carbocycles. The van der Waals surface area contributed by atoms with Crippen LogP contribution in [0.5, 0.6) is 0 Å².